The van der Waals surface area contributed by atoms with Crippen LogP contribution in [0.5, 0.6) is 0 Å². The number of thiophene rings is 2. The molecule has 0 radical (unpaired) electrons. The lowest BCUT2D eigenvalue weighted by molar-refractivity contribution is -0.173. The maximum absolute atomic E-state index is 13.8. The van der Waals surface area contributed by atoms with E-state index in [0.29, 0.717) is 17.0 Å². The molecule has 4 heterocycles. The van der Waals surface area contributed by atoms with Gasteiger partial charge in [0.15, 0.2) is 6.04 Å². The molecule has 2 aliphatic rings. The van der Waals surface area contributed by atoms with Gasteiger partial charge in [-0.05, 0) is 42.7 Å². The lowest BCUT2D eigenvalue weighted by Gasteiger charge is -2.33. The van der Waals surface area contributed by atoms with Crippen molar-refractivity contribution in [2.24, 2.45) is 5.73 Å². The van der Waals surface area contributed by atoms with Crippen molar-refractivity contribution in [2.45, 2.75) is 50.4 Å². The van der Waals surface area contributed by atoms with Crippen LogP contribution in [0.3, 0.4) is 0 Å². The summed E-state index contributed by atoms with van der Waals surface area (Å²) in [7, 11) is 0. The number of fused-ring (bicyclic) bond motifs is 2. The molecule has 7 nitrogen and oxygen atoms in total. The molecule has 2 atom stereocenters. The van der Waals surface area contributed by atoms with E-state index in [2.05, 4.69) is 15.7 Å². The van der Waals surface area contributed by atoms with E-state index in [1.165, 1.54) is 22.7 Å². The van der Waals surface area contributed by atoms with Gasteiger partial charge in [-0.1, -0.05) is 6.07 Å². The highest BCUT2D eigenvalue weighted by molar-refractivity contribution is 7.17. The number of aromatic nitrogens is 2. The average Bonchev–Trinajstić information content (AvgIpc) is 3.49. The summed E-state index contributed by atoms with van der Waals surface area (Å²) in [5.41, 5.74) is 6.72. The number of primary amides is 1. The maximum atomic E-state index is 13.8. The molecule has 0 bridgehead atoms. The van der Waals surface area contributed by atoms with Crippen LogP contribution in [0.25, 0.3) is 0 Å². The van der Waals surface area contributed by atoms with Crippen LogP contribution >= 0.6 is 22.7 Å². The van der Waals surface area contributed by atoms with Crippen molar-refractivity contribution in [1.29, 1.82) is 0 Å². The van der Waals surface area contributed by atoms with E-state index in [-0.39, 0.29) is 17.8 Å². The van der Waals surface area contributed by atoms with E-state index < -0.39 is 30.1 Å². The summed E-state index contributed by atoms with van der Waals surface area (Å²) >= 11 is 2.64. The Balaban J connectivity index is 1.50. The van der Waals surface area contributed by atoms with Gasteiger partial charge in [-0.2, -0.15) is 18.3 Å². The topological polar surface area (TPSA) is 102 Å². The van der Waals surface area contributed by atoms with Crippen LogP contribution < -0.4 is 16.4 Å². The van der Waals surface area contributed by atoms with Crippen LogP contribution in [0.1, 0.15) is 67.4 Å². The first-order valence-corrected chi connectivity index (χ1v) is 12.1. The van der Waals surface area contributed by atoms with Crippen molar-refractivity contribution in [3.63, 3.8) is 0 Å². The third-order valence-corrected chi connectivity index (χ3v) is 8.21. The van der Waals surface area contributed by atoms with Gasteiger partial charge >= 0.3 is 6.18 Å². The van der Waals surface area contributed by atoms with Gasteiger partial charge in [0.1, 0.15) is 16.4 Å². The zero-order valence-electron chi connectivity index (χ0n) is 17.2. The molecule has 1 aliphatic carbocycles. The van der Waals surface area contributed by atoms with E-state index in [0.717, 1.165) is 45.5 Å². The van der Waals surface area contributed by atoms with Gasteiger partial charge in [0.2, 0.25) is 0 Å². The number of anilines is 2. The van der Waals surface area contributed by atoms with Crippen LogP contribution in [0.4, 0.5) is 24.0 Å². The highest BCUT2D eigenvalue weighted by Gasteiger charge is 2.47. The summed E-state index contributed by atoms with van der Waals surface area (Å²) in [4.78, 5) is 27.0. The zero-order valence-corrected chi connectivity index (χ0v) is 18.9. The smallest absolute Gasteiger partial charge is 0.365 e. The number of nitrogens with two attached hydrogens (primary N) is 1. The minimum absolute atomic E-state index is 0.00131. The summed E-state index contributed by atoms with van der Waals surface area (Å²) in [5, 5.41) is 11.8. The number of rotatable bonds is 4. The predicted octanol–water partition coefficient (Wildman–Crippen LogP) is 4.90. The van der Waals surface area contributed by atoms with Crippen LogP contribution in [-0.4, -0.2) is 27.8 Å². The van der Waals surface area contributed by atoms with Crippen molar-refractivity contribution in [2.75, 3.05) is 10.6 Å². The monoisotopic (exact) mass is 495 g/mol. The van der Waals surface area contributed by atoms with E-state index in [1.54, 1.807) is 17.5 Å². The SMILES string of the molecule is NC(=O)c1c(NC(=O)c2cnn3c2N[C@H](c2cccs2)C[C@@H]3C(F)(F)F)sc2c1CCCC2. The Morgan fingerprint density at radius 1 is 1.27 bits per heavy atom. The number of nitrogens with zero attached hydrogens (tertiary/aromatic N) is 2. The highest BCUT2D eigenvalue weighted by atomic mass is 32.1. The summed E-state index contributed by atoms with van der Waals surface area (Å²) in [6, 6.07) is 1.06. The van der Waals surface area contributed by atoms with Gasteiger partial charge in [0, 0.05) is 16.2 Å². The summed E-state index contributed by atoms with van der Waals surface area (Å²) < 4.78 is 42.3. The van der Waals surface area contributed by atoms with E-state index >= 15 is 0 Å². The van der Waals surface area contributed by atoms with Crippen molar-refractivity contribution in [1.82, 2.24) is 9.78 Å². The van der Waals surface area contributed by atoms with Crippen LogP contribution in [0, 0.1) is 0 Å². The van der Waals surface area contributed by atoms with Crippen LogP contribution in [0.15, 0.2) is 23.7 Å². The number of halogens is 3. The van der Waals surface area contributed by atoms with Crippen LogP contribution in [0.2, 0.25) is 0 Å². The molecule has 5 rings (SSSR count). The number of carbonyl (C=O) groups is 2. The van der Waals surface area contributed by atoms with E-state index in [9.17, 15) is 22.8 Å². The molecule has 0 aromatic carbocycles. The second-order valence-electron chi connectivity index (χ2n) is 8.09. The average molecular weight is 496 g/mol. The second kappa shape index (κ2) is 8.17. The minimum atomic E-state index is -4.53. The lowest BCUT2D eigenvalue weighted by atomic mass is 9.95. The third-order valence-electron chi connectivity index (χ3n) is 6.01. The number of alkyl halides is 3. The number of aryl methyl sites for hydroxylation is 1. The molecule has 4 N–H and O–H groups in total. The van der Waals surface area contributed by atoms with Gasteiger partial charge < -0.3 is 16.4 Å². The standard InChI is InChI=1S/C21H20F3N5O2S2/c22-21(23,24)15-8-12(14-6-3-7-32-14)27-18-11(9-26-29(15)18)19(31)28-20-16(17(25)30)10-4-1-2-5-13(10)33-20/h3,6-7,9,12,15,27H,1-2,4-5,8H2,(H2,25,30)(H,28,31)/t12-,15+/m0/s1. The first-order valence-electron chi connectivity index (χ1n) is 10.4. The number of nitrogens with one attached hydrogen (secondary N) is 2. The summed E-state index contributed by atoms with van der Waals surface area (Å²) in [6.45, 7) is 0. The first-order chi connectivity index (χ1) is 15.7. The van der Waals surface area contributed by atoms with Crippen LogP contribution in [-0.2, 0) is 12.8 Å². The van der Waals surface area contributed by atoms with E-state index in [1.807, 2.05) is 0 Å². The van der Waals surface area contributed by atoms with Gasteiger partial charge in [-0.25, -0.2) is 4.68 Å². The molecule has 0 unspecified atom stereocenters. The summed E-state index contributed by atoms with van der Waals surface area (Å²) in [5.74, 6) is -1.27. The van der Waals surface area contributed by atoms with Gasteiger partial charge in [-0.15, -0.1) is 22.7 Å². The molecule has 1 aliphatic heterocycles. The molecule has 3 aromatic rings. The van der Waals surface area contributed by atoms with E-state index in [4.69, 9.17) is 5.73 Å². The molecular weight excluding hydrogens is 475 g/mol. The molecule has 0 spiro atoms. The largest absolute Gasteiger partial charge is 0.410 e. The Morgan fingerprint density at radius 2 is 2.06 bits per heavy atom. The normalized spacial score (nSPS) is 20.0. The predicted molar refractivity (Wildman–Crippen MR) is 120 cm³/mol. The number of carbonyl (C=O) groups excluding carboxylic acids is 2. The number of hydrogen-bond acceptors (Lipinski definition) is 6. The van der Waals surface area contributed by atoms with Crippen molar-refractivity contribution in [3.05, 3.63) is 50.2 Å². The van der Waals surface area contributed by atoms with Crippen molar-refractivity contribution >= 4 is 45.3 Å². The Morgan fingerprint density at radius 3 is 2.76 bits per heavy atom. The molecule has 174 valence electrons. The zero-order chi connectivity index (χ0) is 23.3. The maximum Gasteiger partial charge on any atom is 0.410 e. The van der Waals surface area contributed by atoms with Gasteiger partial charge in [0.25, 0.3) is 11.8 Å². The Labute approximate surface area is 194 Å². The second-order valence-corrected chi connectivity index (χ2v) is 10.2. The van der Waals surface area contributed by atoms with Crippen molar-refractivity contribution in [3.8, 4) is 0 Å². The molecule has 33 heavy (non-hydrogen) atoms. The Bertz CT molecular complexity index is 1220. The minimum Gasteiger partial charge on any atom is -0.365 e. The Hall–Kier alpha value is -2.86. The molecule has 2 amide bonds. The highest BCUT2D eigenvalue weighted by Crippen LogP contribution is 2.45. The fourth-order valence-electron chi connectivity index (χ4n) is 4.49. The molecular formula is C21H20F3N5O2S2. The number of amides is 2. The van der Waals surface area contributed by atoms with Crippen molar-refractivity contribution < 1.29 is 22.8 Å². The first kappa shape index (κ1) is 22.0. The molecule has 0 fully saturated rings. The fourth-order valence-corrected chi connectivity index (χ4v) is 6.57. The molecule has 0 saturated carbocycles. The lowest BCUT2D eigenvalue weighted by Crippen LogP contribution is -2.36. The molecule has 0 saturated heterocycles. The quantitative estimate of drug-likeness (QED) is 0.479. The van der Waals surface area contributed by atoms with Gasteiger partial charge in [-0.3, -0.25) is 9.59 Å². The fraction of sp³-hybridized carbons (Fsp3) is 0.381. The third kappa shape index (κ3) is 3.90. The molecule has 12 heteroatoms. The summed E-state index contributed by atoms with van der Waals surface area (Å²) in [6.07, 6.45) is -0.201. The Kier molecular flexibility index (Phi) is 5.44. The van der Waals surface area contributed by atoms with Gasteiger partial charge in [0.05, 0.1) is 17.8 Å². The number of hydrogen-bond donors (Lipinski definition) is 3. The molecule has 3 aromatic heterocycles.